The number of nitrogens with one attached hydrogen (secondary N) is 1. The third kappa shape index (κ3) is 3.67. The Balaban J connectivity index is 2.40. The van der Waals surface area contributed by atoms with Crippen molar-refractivity contribution in [1.29, 1.82) is 0 Å². The Kier molecular flexibility index (Phi) is 4.74. The van der Waals surface area contributed by atoms with E-state index in [1.165, 1.54) is 0 Å². The number of aryl methyl sites for hydroxylation is 1. The molecule has 1 aromatic heterocycles. The minimum Gasteiger partial charge on any atom is -0.370 e. The lowest BCUT2D eigenvalue weighted by Crippen LogP contribution is -2.04. The predicted octanol–water partition coefficient (Wildman–Crippen LogP) is 4.18. The Bertz CT molecular complexity index is 513. The second kappa shape index (κ2) is 6.53. The van der Waals surface area contributed by atoms with Gasteiger partial charge in [-0.25, -0.2) is 9.97 Å². The van der Waals surface area contributed by atoms with Crippen LogP contribution in [0.15, 0.2) is 30.3 Å². The molecule has 4 heteroatoms. The summed E-state index contributed by atoms with van der Waals surface area (Å²) in [6, 6.07) is 9.64. The van der Waals surface area contributed by atoms with Crippen molar-refractivity contribution < 1.29 is 0 Å². The van der Waals surface area contributed by atoms with Crippen molar-refractivity contribution in [3.05, 3.63) is 41.0 Å². The number of hydrogen-bond acceptors (Lipinski definition) is 3. The third-order valence-corrected chi connectivity index (χ3v) is 3.00. The van der Waals surface area contributed by atoms with Crippen LogP contribution in [0.5, 0.6) is 0 Å². The summed E-state index contributed by atoms with van der Waals surface area (Å²) in [5.74, 6) is 1.63. The van der Waals surface area contributed by atoms with E-state index in [2.05, 4.69) is 29.1 Å². The number of aromatic nitrogens is 2. The van der Waals surface area contributed by atoms with Crippen LogP contribution in [0.2, 0.25) is 5.02 Å². The summed E-state index contributed by atoms with van der Waals surface area (Å²) in [6.07, 6.45) is 2.03. The summed E-state index contributed by atoms with van der Waals surface area (Å²) in [7, 11) is 0. The molecule has 100 valence electrons. The van der Waals surface area contributed by atoms with Crippen molar-refractivity contribution >= 4 is 17.4 Å². The highest BCUT2D eigenvalue weighted by Gasteiger charge is 2.06. The first-order chi connectivity index (χ1) is 9.22. The summed E-state index contributed by atoms with van der Waals surface area (Å²) in [5.41, 5.74) is 2.06. The van der Waals surface area contributed by atoms with Crippen molar-refractivity contribution in [1.82, 2.24) is 9.97 Å². The van der Waals surface area contributed by atoms with Gasteiger partial charge >= 0.3 is 0 Å². The van der Waals surface area contributed by atoms with E-state index in [4.69, 9.17) is 11.6 Å². The first-order valence-corrected chi connectivity index (χ1v) is 6.98. The monoisotopic (exact) mass is 275 g/mol. The van der Waals surface area contributed by atoms with Crippen LogP contribution in [0, 0.1) is 0 Å². The van der Waals surface area contributed by atoms with Gasteiger partial charge in [-0.2, -0.15) is 0 Å². The fourth-order valence-corrected chi connectivity index (χ4v) is 2.01. The van der Waals surface area contributed by atoms with Crippen LogP contribution in [-0.4, -0.2) is 16.5 Å². The van der Waals surface area contributed by atoms with E-state index in [1.807, 2.05) is 30.3 Å². The Labute approximate surface area is 119 Å². The average Bonchev–Trinajstić information content (AvgIpc) is 2.40. The molecule has 2 rings (SSSR count). The largest absolute Gasteiger partial charge is 0.370 e. The normalized spacial score (nSPS) is 10.5. The molecule has 0 saturated heterocycles. The van der Waals surface area contributed by atoms with E-state index in [0.29, 0.717) is 0 Å². The van der Waals surface area contributed by atoms with Gasteiger partial charge in [0.15, 0.2) is 5.82 Å². The highest BCUT2D eigenvalue weighted by molar-refractivity contribution is 6.30. The van der Waals surface area contributed by atoms with Crippen LogP contribution in [0.25, 0.3) is 11.4 Å². The summed E-state index contributed by atoms with van der Waals surface area (Å²) >= 11 is 5.91. The zero-order valence-corrected chi connectivity index (χ0v) is 12.0. The molecule has 0 radical (unpaired) electrons. The van der Waals surface area contributed by atoms with Gasteiger partial charge in [0.25, 0.3) is 0 Å². The Morgan fingerprint density at radius 1 is 1.11 bits per heavy atom. The van der Waals surface area contributed by atoms with E-state index in [9.17, 15) is 0 Å². The number of halogens is 1. The summed E-state index contributed by atoms with van der Waals surface area (Å²) in [5, 5.41) is 3.97. The molecule has 0 saturated carbocycles. The molecule has 2 aromatic rings. The topological polar surface area (TPSA) is 37.8 Å². The summed E-state index contributed by atoms with van der Waals surface area (Å²) < 4.78 is 0. The zero-order valence-electron chi connectivity index (χ0n) is 11.3. The van der Waals surface area contributed by atoms with Crippen LogP contribution in [0.1, 0.15) is 26.0 Å². The van der Waals surface area contributed by atoms with E-state index >= 15 is 0 Å². The van der Waals surface area contributed by atoms with Gasteiger partial charge in [0.2, 0.25) is 0 Å². The van der Waals surface area contributed by atoms with Gasteiger partial charge in [0, 0.05) is 28.9 Å². The standard InChI is InChI=1S/C15H18ClN3/c1-3-5-13-10-14(17-4-2)19-15(18-13)11-6-8-12(16)9-7-11/h6-10H,3-5H2,1-2H3,(H,17,18,19). The van der Waals surface area contributed by atoms with Crippen LogP contribution >= 0.6 is 11.6 Å². The molecule has 19 heavy (non-hydrogen) atoms. The van der Waals surface area contributed by atoms with Gasteiger partial charge in [-0.1, -0.05) is 24.9 Å². The van der Waals surface area contributed by atoms with Crippen LogP contribution in [-0.2, 0) is 6.42 Å². The van der Waals surface area contributed by atoms with Gasteiger partial charge in [-0.05, 0) is 37.6 Å². The van der Waals surface area contributed by atoms with Gasteiger partial charge in [-0.3, -0.25) is 0 Å². The molecule has 3 nitrogen and oxygen atoms in total. The van der Waals surface area contributed by atoms with Crippen molar-refractivity contribution in [2.24, 2.45) is 0 Å². The number of benzene rings is 1. The molecule has 0 spiro atoms. The minimum atomic E-state index is 0.723. The van der Waals surface area contributed by atoms with Crippen LogP contribution in [0.3, 0.4) is 0 Å². The fraction of sp³-hybridized carbons (Fsp3) is 0.333. The molecule has 0 bridgehead atoms. The highest BCUT2D eigenvalue weighted by Crippen LogP contribution is 2.20. The van der Waals surface area contributed by atoms with E-state index in [-0.39, 0.29) is 0 Å². The molecule has 0 aliphatic carbocycles. The van der Waals surface area contributed by atoms with Crippen LogP contribution in [0.4, 0.5) is 5.82 Å². The first-order valence-electron chi connectivity index (χ1n) is 6.60. The molecule has 1 N–H and O–H groups in total. The SMILES string of the molecule is CCCc1cc(NCC)nc(-c2ccc(Cl)cc2)n1. The van der Waals surface area contributed by atoms with Gasteiger partial charge in [0.05, 0.1) is 0 Å². The smallest absolute Gasteiger partial charge is 0.161 e. The average molecular weight is 276 g/mol. The van der Waals surface area contributed by atoms with Gasteiger partial charge in [-0.15, -0.1) is 0 Å². The Morgan fingerprint density at radius 3 is 2.47 bits per heavy atom. The maximum Gasteiger partial charge on any atom is 0.161 e. The zero-order chi connectivity index (χ0) is 13.7. The molecule has 0 unspecified atom stereocenters. The second-order valence-electron chi connectivity index (χ2n) is 4.36. The summed E-state index contributed by atoms with van der Waals surface area (Å²) in [4.78, 5) is 9.15. The molecule has 0 aliphatic heterocycles. The van der Waals surface area contributed by atoms with E-state index in [1.54, 1.807) is 0 Å². The lowest BCUT2D eigenvalue weighted by atomic mass is 10.2. The predicted molar refractivity (Wildman–Crippen MR) is 80.6 cm³/mol. The number of anilines is 1. The Morgan fingerprint density at radius 2 is 1.84 bits per heavy atom. The number of hydrogen-bond donors (Lipinski definition) is 1. The molecule has 1 heterocycles. The fourth-order valence-electron chi connectivity index (χ4n) is 1.88. The molecule has 1 aromatic carbocycles. The van der Waals surface area contributed by atoms with Crippen molar-refractivity contribution in [2.45, 2.75) is 26.7 Å². The molecule has 0 fully saturated rings. The number of rotatable bonds is 5. The molecule has 0 atom stereocenters. The summed E-state index contributed by atoms with van der Waals surface area (Å²) in [6.45, 7) is 5.06. The minimum absolute atomic E-state index is 0.723. The van der Waals surface area contributed by atoms with Crippen molar-refractivity contribution in [3.63, 3.8) is 0 Å². The van der Waals surface area contributed by atoms with Crippen LogP contribution < -0.4 is 5.32 Å². The quantitative estimate of drug-likeness (QED) is 0.889. The maximum atomic E-state index is 5.91. The highest BCUT2D eigenvalue weighted by atomic mass is 35.5. The third-order valence-electron chi connectivity index (χ3n) is 2.75. The molecule has 0 amide bonds. The van der Waals surface area contributed by atoms with Gasteiger partial charge < -0.3 is 5.32 Å². The van der Waals surface area contributed by atoms with Crippen molar-refractivity contribution in [3.8, 4) is 11.4 Å². The first kappa shape index (κ1) is 13.8. The molecular formula is C15H18ClN3. The second-order valence-corrected chi connectivity index (χ2v) is 4.79. The van der Waals surface area contributed by atoms with Gasteiger partial charge in [0.1, 0.15) is 5.82 Å². The van der Waals surface area contributed by atoms with Crippen molar-refractivity contribution in [2.75, 3.05) is 11.9 Å². The molecular weight excluding hydrogens is 258 g/mol. The lowest BCUT2D eigenvalue weighted by Gasteiger charge is -2.08. The van der Waals surface area contributed by atoms with E-state index in [0.717, 1.165) is 47.3 Å². The number of nitrogens with zero attached hydrogens (tertiary/aromatic N) is 2. The molecule has 0 aliphatic rings. The lowest BCUT2D eigenvalue weighted by molar-refractivity contribution is 0.875. The Hall–Kier alpha value is -1.61. The van der Waals surface area contributed by atoms with E-state index < -0.39 is 0 Å². The maximum absolute atomic E-state index is 5.91.